The number of rotatable bonds is 6. The number of nitrogens with zero attached hydrogens (tertiary/aromatic N) is 13. The van der Waals surface area contributed by atoms with Gasteiger partial charge in [0.15, 0.2) is 0 Å². The van der Waals surface area contributed by atoms with Crippen LogP contribution in [-0.2, 0) is 0 Å². The van der Waals surface area contributed by atoms with Crippen molar-refractivity contribution < 1.29 is 0 Å². The summed E-state index contributed by atoms with van der Waals surface area (Å²) in [7, 11) is 0. The van der Waals surface area contributed by atoms with Gasteiger partial charge in [-0.25, -0.2) is 0 Å². The second kappa shape index (κ2) is 18.4. The van der Waals surface area contributed by atoms with Gasteiger partial charge in [0.1, 0.15) is 5.52 Å². The molecular weight excluding hydrogens is 963 g/mol. The number of benzene rings is 8. The van der Waals surface area contributed by atoms with E-state index in [9.17, 15) is 47.4 Å². The predicted molar refractivity (Wildman–Crippen MR) is 292 cm³/mol. The minimum Gasteiger partial charge on any atom is -0.309 e. The molecule has 0 saturated carbocycles. The van der Waals surface area contributed by atoms with Crippen LogP contribution in [0.2, 0.25) is 0 Å². The third kappa shape index (κ3) is 6.79. The van der Waals surface area contributed by atoms with Crippen molar-refractivity contribution in [3.05, 3.63) is 214 Å². The molecule has 78 heavy (non-hydrogen) atoms. The summed E-state index contributed by atoms with van der Waals surface area (Å²) in [5.41, 5.74) is 4.83. The maximum absolute atomic E-state index is 11.4. The van der Waals surface area contributed by atoms with Gasteiger partial charge in [0, 0.05) is 84.1 Å². The molecular formula is C65H27N13. The summed E-state index contributed by atoms with van der Waals surface area (Å²) in [5, 5.41) is 102. The molecule has 12 rings (SSSR count). The fraction of sp³-hybridized carbons (Fsp3) is 0. The van der Waals surface area contributed by atoms with Crippen LogP contribution >= 0.6 is 0 Å². The zero-order chi connectivity index (χ0) is 53.8. The van der Waals surface area contributed by atoms with E-state index >= 15 is 0 Å². The molecule has 0 aliphatic heterocycles. The van der Waals surface area contributed by atoms with Gasteiger partial charge in [-0.05, 0) is 78.9 Å². The molecule has 13 heteroatoms. The van der Waals surface area contributed by atoms with E-state index in [0.717, 1.165) is 21.8 Å². The molecule has 4 aromatic heterocycles. The van der Waals surface area contributed by atoms with E-state index in [2.05, 4.69) is 71.3 Å². The molecule has 0 N–H and O–H groups in total. The minimum atomic E-state index is -0.173. The first-order chi connectivity index (χ1) is 38.3. The molecule has 8 aromatic carbocycles. The third-order valence-corrected chi connectivity index (χ3v) is 14.1. The molecule has 0 aliphatic rings. The van der Waals surface area contributed by atoms with Crippen LogP contribution in [0.25, 0.3) is 111 Å². The van der Waals surface area contributed by atoms with Gasteiger partial charge in [-0.1, -0.05) is 72.8 Å². The maximum Gasteiger partial charge on any atom is 0.113 e. The Bertz CT molecular complexity index is 4930. The number of hydrogen-bond acceptors (Lipinski definition) is 11. The highest BCUT2D eigenvalue weighted by Crippen LogP contribution is 2.57. The first-order valence-electron chi connectivity index (χ1n) is 23.9. The van der Waals surface area contributed by atoms with Gasteiger partial charge in [0.05, 0.1) is 138 Å². The van der Waals surface area contributed by atoms with Crippen LogP contribution in [0.3, 0.4) is 0 Å². The number of pyridine rings is 2. The van der Waals surface area contributed by atoms with Gasteiger partial charge in [-0.2, -0.15) is 47.4 Å². The van der Waals surface area contributed by atoms with Crippen LogP contribution in [0.5, 0.6) is 0 Å². The SMILES string of the molecule is N#Cc1cc(C#N)c(-c2c(-c3c(C#N)cc(C#N)cc3C#N)c(-c3ccnc4c(-n5c6ccccc6c6ccccc65)ccnc34)c3c(c2-c2c(C#N)cc(C#N)cc2C#N)c2ccccc2n3-c2ccccc2)c(C#N)c1. The maximum atomic E-state index is 11.4. The van der Waals surface area contributed by atoms with E-state index in [1.807, 2.05) is 102 Å². The smallest absolute Gasteiger partial charge is 0.113 e. The topological polar surface area (TPSA) is 250 Å². The third-order valence-electron chi connectivity index (χ3n) is 14.1. The summed E-state index contributed by atoms with van der Waals surface area (Å²) < 4.78 is 4.12. The Balaban J connectivity index is 1.46. The molecule has 0 unspecified atom stereocenters. The average molecular weight is 990 g/mol. The van der Waals surface area contributed by atoms with Crippen molar-refractivity contribution in [2.24, 2.45) is 0 Å². The van der Waals surface area contributed by atoms with E-state index in [0.29, 0.717) is 55.3 Å². The fourth-order valence-electron chi connectivity index (χ4n) is 11.1. The Kier molecular flexibility index (Phi) is 11.0. The highest BCUT2D eigenvalue weighted by molar-refractivity contribution is 6.29. The normalized spacial score (nSPS) is 10.7. The van der Waals surface area contributed by atoms with Crippen molar-refractivity contribution in [1.29, 1.82) is 47.4 Å². The van der Waals surface area contributed by atoms with Crippen molar-refractivity contribution in [2.75, 3.05) is 0 Å². The van der Waals surface area contributed by atoms with Gasteiger partial charge >= 0.3 is 0 Å². The van der Waals surface area contributed by atoms with Gasteiger partial charge in [0.25, 0.3) is 0 Å². The van der Waals surface area contributed by atoms with Crippen molar-refractivity contribution in [3.8, 4) is 111 Å². The second-order valence-electron chi connectivity index (χ2n) is 18.0. The van der Waals surface area contributed by atoms with Crippen LogP contribution in [0.15, 0.2) is 164 Å². The zero-order valence-corrected chi connectivity index (χ0v) is 40.4. The molecule has 12 aromatic rings. The molecule has 13 nitrogen and oxygen atoms in total. The summed E-state index contributed by atoms with van der Waals surface area (Å²) in [6, 6.07) is 64.3. The lowest BCUT2D eigenvalue weighted by molar-refractivity contribution is 1.16. The minimum absolute atomic E-state index is 0.000936. The number of fused-ring (bicyclic) bond motifs is 7. The summed E-state index contributed by atoms with van der Waals surface area (Å²) in [5.74, 6) is 0. The highest BCUT2D eigenvalue weighted by atomic mass is 15.0. The highest BCUT2D eigenvalue weighted by Gasteiger charge is 2.36. The lowest BCUT2D eigenvalue weighted by atomic mass is 9.74. The van der Waals surface area contributed by atoms with E-state index in [1.54, 1.807) is 18.5 Å². The molecule has 0 aliphatic carbocycles. The Morgan fingerprint density at radius 1 is 0.321 bits per heavy atom. The molecule has 0 amide bonds. The second-order valence-corrected chi connectivity index (χ2v) is 18.0. The molecule has 0 spiro atoms. The summed E-state index contributed by atoms with van der Waals surface area (Å²) in [6.07, 6.45) is 3.31. The first kappa shape index (κ1) is 46.4. The number of aromatic nitrogens is 4. The van der Waals surface area contributed by atoms with Gasteiger partial charge in [-0.3, -0.25) is 9.97 Å². The quantitative estimate of drug-likeness (QED) is 0.151. The number of nitriles is 9. The van der Waals surface area contributed by atoms with Crippen LogP contribution in [0, 0.1) is 102 Å². The van der Waals surface area contributed by atoms with E-state index in [4.69, 9.17) is 9.97 Å². The van der Waals surface area contributed by atoms with Crippen molar-refractivity contribution in [2.45, 2.75) is 0 Å². The monoisotopic (exact) mass is 989 g/mol. The lowest BCUT2D eigenvalue weighted by Gasteiger charge is -2.27. The predicted octanol–water partition coefficient (Wildman–Crippen LogP) is 13.3. The first-order valence-corrected chi connectivity index (χ1v) is 23.9. The van der Waals surface area contributed by atoms with Gasteiger partial charge < -0.3 is 9.13 Å². The van der Waals surface area contributed by atoms with Crippen LogP contribution in [0.1, 0.15) is 50.1 Å². The standard InChI is InChI=1S/C65H27N13/c66-28-37-22-40(31-69)55(41(23-37)32-70)60-58-49-14-6-9-17-53(49)77(46-10-2-1-3-11-46)65(58)59(50-18-20-76-64-54(19-21-75-63(50)64)78-51-15-7-4-12-47(51)48-13-5-8-16-52(48)78)61(56-42(33-71)24-38(29-67)25-43(56)34-72)62(60)57-44(35-73)26-39(30-68)27-45(57)36-74/h1-27H. The van der Waals surface area contributed by atoms with E-state index in [-0.39, 0.29) is 83.5 Å². The molecule has 0 atom stereocenters. The Morgan fingerprint density at radius 3 is 1.17 bits per heavy atom. The molecule has 4 heterocycles. The van der Waals surface area contributed by atoms with Gasteiger partial charge in [-0.15, -0.1) is 0 Å². The van der Waals surface area contributed by atoms with Crippen molar-refractivity contribution in [1.82, 2.24) is 19.1 Å². The zero-order valence-electron chi connectivity index (χ0n) is 40.4. The fourth-order valence-corrected chi connectivity index (χ4v) is 11.1. The van der Waals surface area contributed by atoms with Crippen molar-refractivity contribution in [3.63, 3.8) is 0 Å². The molecule has 352 valence electrons. The van der Waals surface area contributed by atoms with Crippen LogP contribution in [0.4, 0.5) is 0 Å². The average Bonchev–Trinajstić information content (AvgIpc) is 3.58. The lowest BCUT2D eigenvalue weighted by Crippen LogP contribution is -2.07. The Labute approximate surface area is 443 Å². The number of hydrogen-bond donors (Lipinski definition) is 0. The number of para-hydroxylation sites is 4. The summed E-state index contributed by atoms with van der Waals surface area (Å²) in [6.45, 7) is 0. The molecule has 0 fully saturated rings. The molecule has 0 saturated heterocycles. The largest absolute Gasteiger partial charge is 0.309 e. The van der Waals surface area contributed by atoms with E-state index in [1.165, 1.54) is 36.4 Å². The van der Waals surface area contributed by atoms with Crippen molar-refractivity contribution >= 4 is 54.6 Å². The Morgan fingerprint density at radius 2 is 0.705 bits per heavy atom. The molecule has 0 bridgehead atoms. The van der Waals surface area contributed by atoms with E-state index < -0.39 is 0 Å². The van der Waals surface area contributed by atoms with Crippen LogP contribution < -0.4 is 0 Å². The Hall–Kier alpha value is -12.7. The van der Waals surface area contributed by atoms with Crippen LogP contribution in [-0.4, -0.2) is 19.1 Å². The summed E-state index contributed by atoms with van der Waals surface area (Å²) >= 11 is 0. The summed E-state index contributed by atoms with van der Waals surface area (Å²) in [4.78, 5) is 10.2. The molecule has 0 radical (unpaired) electrons. The van der Waals surface area contributed by atoms with Gasteiger partial charge in [0.2, 0.25) is 0 Å².